The molecular weight excluding hydrogens is 206 g/mol. The molecule has 2 N–H and O–H groups in total. The molecule has 0 rings (SSSR count). The lowest BCUT2D eigenvalue weighted by Crippen LogP contribution is -1.82. The predicted molar refractivity (Wildman–Crippen MR) is 79.0 cm³/mol. The van der Waals surface area contributed by atoms with Crippen LogP contribution in [0.25, 0.3) is 0 Å². The summed E-state index contributed by atoms with van der Waals surface area (Å²) >= 11 is 0. The smallest absolute Gasteiger partial charge is 0.0103 e. The summed E-state index contributed by atoms with van der Waals surface area (Å²) in [6, 6.07) is 0. The van der Waals surface area contributed by atoms with Gasteiger partial charge in [0.15, 0.2) is 0 Å². The van der Waals surface area contributed by atoms with Crippen LogP contribution in [-0.2, 0) is 0 Å². The van der Waals surface area contributed by atoms with Gasteiger partial charge in [-0.3, -0.25) is 0 Å². The summed E-state index contributed by atoms with van der Waals surface area (Å²) in [6.45, 7) is 2.28. The Balaban J connectivity index is 2.89. The van der Waals surface area contributed by atoms with Crippen molar-refractivity contribution in [3.63, 3.8) is 0 Å². The van der Waals surface area contributed by atoms with Crippen LogP contribution in [0.2, 0.25) is 0 Å². The standard InChI is InChI=1S/C16H33N/c1-2-3-4-5-6-7-8-9-10-11-12-13-14-15-16-17/h15-16H,2-14,17H2,1H3. The van der Waals surface area contributed by atoms with Crippen LogP contribution in [0.5, 0.6) is 0 Å². The van der Waals surface area contributed by atoms with Crippen LogP contribution in [0.3, 0.4) is 0 Å². The molecule has 102 valence electrons. The predicted octanol–water partition coefficient (Wildman–Crippen LogP) is 5.55. The number of nitrogens with two attached hydrogens (primary N) is 1. The number of hydrogen-bond acceptors (Lipinski definition) is 1. The van der Waals surface area contributed by atoms with Crippen molar-refractivity contribution in [2.45, 2.75) is 90.4 Å². The summed E-state index contributed by atoms with van der Waals surface area (Å²) in [5.74, 6) is 0. The molecule has 0 aromatic carbocycles. The Kier molecular flexibility index (Phi) is 15.1. The van der Waals surface area contributed by atoms with Gasteiger partial charge >= 0.3 is 0 Å². The summed E-state index contributed by atoms with van der Waals surface area (Å²) in [5, 5.41) is 0. The second-order valence-electron chi connectivity index (χ2n) is 5.11. The molecule has 0 aliphatic carbocycles. The fourth-order valence-corrected chi connectivity index (χ4v) is 2.20. The van der Waals surface area contributed by atoms with Gasteiger partial charge in [-0.05, 0) is 19.0 Å². The normalized spacial score (nSPS) is 11.4. The second kappa shape index (κ2) is 15.5. The van der Waals surface area contributed by atoms with Crippen molar-refractivity contribution in [3.05, 3.63) is 12.3 Å². The van der Waals surface area contributed by atoms with Gasteiger partial charge in [0.05, 0.1) is 0 Å². The Morgan fingerprint density at radius 2 is 1.06 bits per heavy atom. The molecule has 1 nitrogen and oxygen atoms in total. The first kappa shape index (κ1) is 16.5. The first-order valence-electron chi connectivity index (χ1n) is 7.78. The van der Waals surface area contributed by atoms with Crippen molar-refractivity contribution in [1.82, 2.24) is 0 Å². The highest BCUT2D eigenvalue weighted by Gasteiger charge is 1.92. The maximum Gasteiger partial charge on any atom is -0.0103 e. The molecule has 0 fully saturated rings. The van der Waals surface area contributed by atoms with Crippen LogP contribution >= 0.6 is 0 Å². The third-order valence-corrected chi connectivity index (χ3v) is 3.36. The Morgan fingerprint density at radius 3 is 1.47 bits per heavy atom. The van der Waals surface area contributed by atoms with Crippen LogP contribution in [0.4, 0.5) is 0 Å². The topological polar surface area (TPSA) is 26.0 Å². The monoisotopic (exact) mass is 239 g/mol. The van der Waals surface area contributed by atoms with E-state index in [1.165, 1.54) is 77.0 Å². The average molecular weight is 239 g/mol. The fraction of sp³-hybridized carbons (Fsp3) is 0.875. The van der Waals surface area contributed by atoms with Gasteiger partial charge in [0.25, 0.3) is 0 Å². The third kappa shape index (κ3) is 15.5. The first-order valence-corrected chi connectivity index (χ1v) is 7.78. The van der Waals surface area contributed by atoms with Gasteiger partial charge in [0.1, 0.15) is 0 Å². The van der Waals surface area contributed by atoms with Crippen LogP contribution in [0.1, 0.15) is 90.4 Å². The molecule has 0 spiro atoms. The first-order chi connectivity index (χ1) is 8.41. The highest BCUT2D eigenvalue weighted by atomic mass is 14.5. The summed E-state index contributed by atoms with van der Waals surface area (Å²) in [6.07, 6.45) is 21.9. The maximum atomic E-state index is 5.29. The van der Waals surface area contributed by atoms with E-state index in [0.717, 1.165) is 6.42 Å². The molecule has 17 heavy (non-hydrogen) atoms. The molecule has 0 saturated heterocycles. The zero-order chi connectivity index (χ0) is 12.6. The van der Waals surface area contributed by atoms with E-state index >= 15 is 0 Å². The Labute approximate surface area is 109 Å². The summed E-state index contributed by atoms with van der Waals surface area (Å²) in [4.78, 5) is 0. The second-order valence-corrected chi connectivity index (χ2v) is 5.11. The van der Waals surface area contributed by atoms with E-state index in [0.29, 0.717) is 0 Å². The Bertz CT molecular complexity index is 152. The van der Waals surface area contributed by atoms with Gasteiger partial charge in [-0.2, -0.15) is 0 Å². The van der Waals surface area contributed by atoms with Crippen LogP contribution < -0.4 is 5.73 Å². The molecule has 0 aromatic rings. The zero-order valence-electron chi connectivity index (χ0n) is 11.9. The van der Waals surface area contributed by atoms with E-state index in [-0.39, 0.29) is 0 Å². The number of unbranched alkanes of at least 4 members (excludes halogenated alkanes) is 12. The van der Waals surface area contributed by atoms with E-state index in [1.807, 2.05) is 0 Å². The molecule has 1 heteroatoms. The molecule has 0 saturated carbocycles. The van der Waals surface area contributed by atoms with Gasteiger partial charge in [-0.1, -0.05) is 83.6 Å². The average Bonchev–Trinajstić information content (AvgIpc) is 2.35. The van der Waals surface area contributed by atoms with Crippen molar-refractivity contribution in [3.8, 4) is 0 Å². The minimum absolute atomic E-state index is 1.16. The van der Waals surface area contributed by atoms with Crippen molar-refractivity contribution >= 4 is 0 Å². The number of rotatable bonds is 13. The molecule has 0 amide bonds. The van der Waals surface area contributed by atoms with E-state index in [2.05, 4.69) is 13.0 Å². The van der Waals surface area contributed by atoms with E-state index in [4.69, 9.17) is 5.73 Å². The lowest BCUT2D eigenvalue weighted by Gasteiger charge is -2.02. The summed E-state index contributed by atoms with van der Waals surface area (Å²) < 4.78 is 0. The molecular formula is C16H33N. The van der Waals surface area contributed by atoms with Crippen LogP contribution in [-0.4, -0.2) is 0 Å². The van der Waals surface area contributed by atoms with Crippen molar-refractivity contribution in [1.29, 1.82) is 0 Å². The molecule has 0 aromatic heterocycles. The molecule has 0 bridgehead atoms. The van der Waals surface area contributed by atoms with Crippen molar-refractivity contribution < 1.29 is 0 Å². The Morgan fingerprint density at radius 1 is 0.647 bits per heavy atom. The number of hydrogen-bond donors (Lipinski definition) is 1. The van der Waals surface area contributed by atoms with Gasteiger partial charge in [-0.15, -0.1) is 0 Å². The van der Waals surface area contributed by atoms with E-state index < -0.39 is 0 Å². The molecule has 0 heterocycles. The quantitative estimate of drug-likeness (QED) is 0.419. The number of allylic oxidation sites excluding steroid dienone is 1. The van der Waals surface area contributed by atoms with Crippen LogP contribution in [0.15, 0.2) is 12.3 Å². The van der Waals surface area contributed by atoms with Gasteiger partial charge < -0.3 is 5.73 Å². The fourth-order valence-electron chi connectivity index (χ4n) is 2.20. The minimum atomic E-state index is 1.16. The minimum Gasteiger partial charge on any atom is -0.405 e. The highest BCUT2D eigenvalue weighted by Crippen LogP contribution is 2.12. The van der Waals surface area contributed by atoms with Crippen LogP contribution in [0, 0.1) is 0 Å². The molecule has 0 aliphatic heterocycles. The zero-order valence-corrected chi connectivity index (χ0v) is 11.9. The van der Waals surface area contributed by atoms with Gasteiger partial charge in [0, 0.05) is 0 Å². The largest absolute Gasteiger partial charge is 0.405 e. The maximum absolute atomic E-state index is 5.29. The highest BCUT2D eigenvalue weighted by molar-refractivity contribution is 4.74. The lowest BCUT2D eigenvalue weighted by atomic mass is 10.0. The SMILES string of the molecule is CCCCCCCCCCCCCCC=CN. The summed E-state index contributed by atoms with van der Waals surface area (Å²) in [7, 11) is 0. The van der Waals surface area contributed by atoms with Gasteiger partial charge in [-0.25, -0.2) is 0 Å². The van der Waals surface area contributed by atoms with Gasteiger partial charge in [0.2, 0.25) is 0 Å². The van der Waals surface area contributed by atoms with Crippen molar-refractivity contribution in [2.24, 2.45) is 5.73 Å². The molecule has 0 unspecified atom stereocenters. The molecule has 0 atom stereocenters. The third-order valence-electron chi connectivity index (χ3n) is 3.36. The molecule has 0 radical (unpaired) electrons. The van der Waals surface area contributed by atoms with E-state index in [1.54, 1.807) is 6.20 Å². The lowest BCUT2D eigenvalue weighted by molar-refractivity contribution is 0.545. The summed E-state index contributed by atoms with van der Waals surface area (Å²) in [5.41, 5.74) is 5.29. The molecule has 0 aliphatic rings. The Hall–Kier alpha value is -0.460. The van der Waals surface area contributed by atoms with E-state index in [9.17, 15) is 0 Å². The van der Waals surface area contributed by atoms with Crippen molar-refractivity contribution in [2.75, 3.05) is 0 Å².